The topological polar surface area (TPSA) is 337 Å². The monoisotopic (exact) mass is 988 g/mol. The number of aliphatic carboxylic acids is 1. The predicted octanol–water partition coefficient (Wildman–Crippen LogP) is 1.60. The Hall–Kier alpha value is -6.18. The molecule has 29 heteroatoms. The van der Waals surface area contributed by atoms with E-state index in [9.17, 15) is 44.4 Å². The molecular formula is C37H43F3N10O13S3. The number of hydrogen-bond donors (Lipinski definition) is 9. The molecule has 2 aromatic heterocycles. The van der Waals surface area contributed by atoms with Crippen molar-refractivity contribution in [1.29, 1.82) is 0 Å². The number of sulfonamides is 2. The highest BCUT2D eigenvalue weighted by molar-refractivity contribution is 7.94. The summed E-state index contributed by atoms with van der Waals surface area (Å²) in [7, 11) is -7.14. The number of nitrogens with one attached hydrogen (secondary N) is 6. The molecule has 0 fully saturated rings. The number of hydrogen-bond acceptors (Lipinski definition) is 17. The molecule has 0 saturated heterocycles. The van der Waals surface area contributed by atoms with E-state index in [4.69, 9.17) is 25.6 Å². The Morgan fingerprint density at radius 2 is 1.56 bits per heavy atom. The molecule has 66 heavy (non-hydrogen) atoms. The summed E-state index contributed by atoms with van der Waals surface area (Å²) in [6.07, 6.45) is 0.710. The maximum Gasteiger partial charge on any atom is 0.490 e. The molecule has 2 atom stereocenters. The van der Waals surface area contributed by atoms with Crippen LogP contribution in [0.15, 0.2) is 95.1 Å². The maximum absolute atomic E-state index is 13.3. The summed E-state index contributed by atoms with van der Waals surface area (Å²) >= 11 is 0.609. The average Bonchev–Trinajstić information content (AvgIpc) is 3.97. The summed E-state index contributed by atoms with van der Waals surface area (Å²) < 4.78 is 99.4. The first kappa shape index (κ1) is 52.4. The van der Waals surface area contributed by atoms with Crippen LogP contribution in [-0.2, 0) is 55.1 Å². The highest BCUT2D eigenvalue weighted by Gasteiger charge is 2.38. The van der Waals surface area contributed by atoms with Crippen LogP contribution in [0.3, 0.4) is 0 Å². The van der Waals surface area contributed by atoms with Gasteiger partial charge in [0.2, 0.25) is 26.0 Å². The number of nitrogens with two attached hydrogens (primary N) is 1. The molecule has 5 aromatic rings. The van der Waals surface area contributed by atoms with Crippen molar-refractivity contribution < 1.29 is 73.7 Å². The Balaban J connectivity index is 0.00000126. The summed E-state index contributed by atoms with van der Waals surface area (Å²) in [4.78, 5) is 53.5. The quantitative estimate of drug-likeness (QED) is 0.0148. The number of carbonyl (C=O) groups excluding carboxylic acids is 3. The lowest BCUT2D eigenvalue weighted by molar-refractivity contribution is -0.432. The minimum Gasteiger partial charge on any atom is -0.475 e. The Bertz CT molecular complexity index is 2620. The number of H-pyrrole nitrogens is 1. The number of ether oxygens (including phenoxy) is 1. The van der Waals surface area contributed by atoms with E-state index in [1.165, 1.54) is 48.5 Å². The number of methoxy groups -OCH3 is 1. The Kier molecular flexibility index (Phi) is 19.4. The van der Waals surface area contributed by atoms with E-state index in [1.54, 1.807) is 36.8 Å². The first-order valence-electron chi connectivity index (χ1n) is 19.0. The highest BCUT2D eigenvalue weighted by Crippen LogP contribution is 2.24. The fourth-order valence-corrected chi connectivity index (χ4v) is 8.12. The molecule has 0 aliphatic heterocycles. The van der Waals surface area contributed by atoms with Gasteiger partial charge >= 0.3 is 18.1 Å². The van der Waals surface area contributed by atoms with E-state index in [0.29, 0.717) is 42.2 Å². The lowest BCUT2D eigenvalue weighted by Crippen LogP contribution is -2.48. The van der Waals surface area contributed by atoms with Gasteiger partial charge in [-0.1, -0.05) is 29.3 Å². The van der Waals surface area contributed by atoms with Crippen LogP contribution in [0.4, 0.5) is 19.1 Å². The van der Waals surface area contributed by atoms with Crippen LogP contribution in [0.2, 0.25) is 0 Å². The number of anilines is 1. The number of aromatic nitrogens is 4. The Morgan fingerprint density at radius 3 is 2.14 bits per heavy atom. The molecule has 0 aliphatic carbocycles. The van der Waals surface area contributed by atoms with Crippen LogP contribution in [0, 0.1) is 0 Å². The van der Waals surface area contributed by atoms with E-state index < -0.39 is 68.6 Å². The second kappa shape index (κ2) is 24.4. The molecular weight excluding hydrogens is 946 g/mol. The molecule has 2 amide bonds. The number of fused-ring (bicyclic) bond motifs is 1. The number of nitrogens with zero attached hydrogens (tertiary/aromatic N) is 3. The van der Waals surface area contributed by atoms with Gasteiger partial charge in [0.15, 0.2) is 5.95 Å². The third kappa shape index (κ3) is 15.8. The molecule has 2 heterocycles. The molecule has 3 aromatic carbocycles. The maximum atomic E-state index is 13.3. The average molecular weight is 989 g/mol. The van der Waals surface area contributed by atoms with Gasteiger partial charge in [-0.25, -0.2) is 36.6 Å². The second-order valence-corrected chi connectivity index (χ2v) is 17.5. The van der Waals surface area contributed by atoms with Gasteiger partial charge in [0.1, 0.15) is 6.04 Å². The first-order chi connectivity index (χ1) is 31.2. The van der Waals surface area contributed by atoms with Gasteiger partial charge in [-0.3, -0.25) is 19.1 Å². The van der Waals surface area contributed by atoms with Crippen LogP contribution < -0.4 is 31.1 Å². The third-order valence-electron chi connectivity index (χ3n) is 8.78. The number of carbonyl (C=O) groups is 4. The largest absolute Gasteiger partial charge is 0.490 e. The fraction of sp³-hybridized carbons (Fsp3) is 0.297. The number of carboxylic acids is 1. The van der Waals surface area contributed by atoms with Crippen LogP contribution in [-0.4, -0.2) is 128 Å². The number of benzene rings is 3. The second-order valence-electron chi connectivity index (χ2n) is 13.3. The van der Waals surface area contributed by atoms with Crippen LogP contribution >= 0.6 is 12.0 Å². The van der Waals surface area contributed by atoms with Crippen LogP contribution in [0.1, 0.15) is 16.8 Å². The third-order valence-corrected chi connectivity index (χ3v) is 12.4. The van der Waals surface area contributed by atoms with Gasteiger partial charge in [-0.15, -0.1) is 4.33 Å². The molecule has 5 rings (SSSR count). The molecule has 10 N–H and O–H groups in total. The van der Waals surface area contributed by atoms with Crippen molar-refractivity contribution in [3.8, 4) is 11.1 Å². The standard InChI is InChI=1S/C35H42N10O11S3.C2HF3O2/c1-54-34(48)30(21-41-32(46)25-7-12-31-26(19-25)20-42-45(31)18-2-13-38-35-39-14-15-40-35)44-59(52,53)28-10-5-24(6-11-28)23-3-8-27(9-4-23)58(50,51)43-17-16-37-33(47)29(36)22-57-56-55-49;3-2(4,5)1(6)7/h3-12,14-15,19-20,29-30,43-44,49H,2,13,16-18,21-22,36H2,1H3,(H,37,47)(H,41,46)(H2,38,39,40);(H,6,7)/t29-,30-;/m0./s1. The smallest absolute Gasteiger partial charge is 0.475 e. The van der Waals surface area contributed by atoms with Crippen LogP contribution in [0.25, 0.3) is 22.0 Å². The molecule has 0 aliphatic rings. The minimum atomic E-state index is -5.08. The van der Waals surface area contributed by atoms with Gasteiger partial charge in [-0.2, -0.15) is 23.0 Å². The van der Waals surface area contributed by atoms with Crippen molar-refractivity contribution >= 4 is 72.7 Å². The molecule has 23 nitrogen and oxygen atoms in total. The van der Waals surface area contributed by atoms with E-state index in [2.05, 4.69) is 49.8 Å². The van der Waals surface area contributed by atoms with Gasteiger partial charge in [-0.05, 0) is 60.0 Å². The van der Waals surface area contributed by atoms with E-state index in [0.717, 1.165) is 24.4 Å². The number of esters is 1. The van der Waals surface area contributed by atoms with Crippen molar-refractivity contribution in [3.63, 3.8) is 0 Å². The normalized spacial score (nSPS) is 12.6. The number of aryl methyl sites for hydroxylation is 1. The van der Waals surface area contributed by atoms with Crippen molar-refractivity contribution in [2.75, 3.05) is 44.4 Å². The van der Waals surface area contributed by atoms with Crippen molar-refractivity contribution in [1.82, 2.24) is 39.8 Å². The predicted molar refractivity (Wildman–Crippen MR) is 229 cm³/mol. The molecule has 0 spiro atoms. The number of rotatable bonds is 23. The van der Waals surface area contributed by atoms with Gasteiger partial charge in [0, 0.05) is 73.9 Å². The number of alkyl halides is 3. The van der Waals surface area contributed by atoms with E-state index in [1.807, 2.05) is 4.68 Å². The Morgan fingerprint density at radius 1 is 0.924 bits per heavy atom. The van der Waals surface area contributed by atoms with Crippen LogP contribution in [0.5, 0.6) is 0 Å². The lowest BCUT2D eigenvalue weighted by Gasteiger charge is -2.17. The number of aromatic amines is 1. The number of halogens is 3. The van der Waals surface area contributed by atoms with E-state index >= 15 is 0 Å². The number of amides is 2. The van der Waals surface area contributed by atoms with Gasteiger partial charge < -0.3 is 36.5 Å². The molecule has 0 bridgehead atoms. The lowest BCUT2D eigenvalue weighted by atomic mass is 10.1. The van der Waals surface area contributed by atoms with E-state index in [-0.39, 0.29) is 34.2 Å². The molecule has 358 valence electrons. The zero-order valence-corrected chi connectivity index (χ0v) is 36.8. The highest BCUT2D eigenvalue weighted by atomic mass is 32.2. The summed E-state index contributed by atoms with van der Waals surface area (Å²) in [6.45, 7) is 0.701. The summed E-state index contributed by atoms with van der Waals surface area (Å²) in [6, 6.07) is 14.0. The van der Waals surface area contributed by atoms with Crippen molar-refractivity contribution in [3.05, 3.63) is 90.9 Å². The first-order valence-corrected chi connectivity index (χ1v) is 22.8. The summed E-state index contributed by atoms with van der Waals surface area (Å²) in [5.41, 5.74) is 7.90. The zero-order valence-electron chi connectivity index (χ0n) is 34.4. The number of imidazole rings is 1. The Labute approximate surface area is 378 Å². The molecule has 0 unspecified atom stereocenters. The number of carboxylic acid groups (broad SMARTS) is 1. The fourth-order valence-electron chi connectivity index (χ4n) is 5.51. The molecule has 0 radical (unpaired) electrons. The summed E-state index contributed by atoms with van der Waals surface area (Å²) in [5, 5.41) is 32.0. The minimum absolute atomic E-state index is 0.0284. The SMILES string of the molecule is COC(=O)[C@H](CNC(=O)c1ccc2c(cnn2CCCNc2ncc[nH]2)c1)NS(=O)(=O)c1ccc(-c2ccc(S(=O)(=O)NCCNC(=O)[C@@H](N)CSOOO)cc2)cc1.O=C(O)C(F)(F)F. The van der Waals surface area contributed by atoms with Gasteiger partial charge in [0.05, 0.1) is 34.7 Å². The zero-order chi connectivity index (χ0) is 48.5. The molecule has 0 saturated carbocycles. The van der Waals surface area contributed by atoms with Crippen molar-refractivity contribution in [2.45, 2.75) is 41.0 Å². The summed E-state index contributed by atoms with van der Waals surface area (Å²) in [5.74, 6) is -4.14. The van der Waals surface area contributed by atoms with Crippen molar-refractivity contribution in [2.24, 2.45) is 5.73 Å². The van der Waals surface area contributed by atoms with Gasteiger partial charge in [0.25, 0.3) is 5.91 Å².